The molecule has 4 heteroatoms. The highest BCUT2D eigenvalue weighted by Gasteiger charge is 2.18. The molecule has 0 aliphatic carbocycles. The lowest BCUT2D eigenvalue weighted by Crippen LogP contribution is -1.95. The molecule has 0 fully saturated rings. The molecule has 0 atom stereocenters. The van der Waals surface area contributed by atoms with E-state index in [1.807, 2.05) is 36.4 Å². The Balaban J connectivity index is 1.12. The molecule has 0 aliphatic heterocycles. The molecule has 10 aromatic rings. The summed E-state index contributed by atoms with van der Waals surface area (Å²) in [5.41, 5.74) is 12.1. The molecule has 0 saturated heterocycles. The molecule has 4 nitrogen and oxygen atoms in total. The fourth-order valence-corrected chi connectivity index (χ4v) is 7.25. The van der Waals surface area contributed by atoms with E-state index in [-0.39, 0.29) is 0 Å². The van der Waals surface area contributed by atoms with Crippen molar-refractivity contribution in [3.63, 3.8) is 0 Å². The van der Waals surface area contributed by atoms with Gasteiger partial charge in [0.15, 0.2) is 5.82 Å². The van der Waals surface area contributed by atoms with Crippen molar-refractivity contribution >= 4 is 43.7 Å². The maximum Gasteiger partial charge on any atom is 0.160 e. The molecule has 3 aromatic heterocycles. The predicted octanol–water partition coefficient (Wildman–Crippen LogP) is 12.1. The Morgan fingerprint density at radius 3 is 1.76 bits per heavy atom. The molecule has 0 radical (unpaired) electrons. The molecule has 0 N–H and O–H groups in total. The highest BCUT2D eigenvalue weighted by atomic mass is 16.3. The lowest BCUT2D eigenvalue weighted by Gasteiger charge is -2.09. The number of benzene rings is 7. The minimum atomic E-state index is 0.660. The number of hydrogen-bond acceptors (Lipinski definition) is 3. The number of nitrogens with zero attached hydrogens (tertiary/aromatic N) is 3. The van der Waals surface area contributed by atoms with Gasteiger partial charge in [0.1, 0.15) is 11.2 Å². The van der Waals surface area contributed by atoms with Gasteiger partial charge in [0.2, 0.25) is 0 Å². The van der Waals surface area contributed by atoms with Gasteiger partial charge in [-0.05, 0) is 54.1 Å². The third-order valence-electron chi connectivity index (χ3n) is 9.62. The van der Waals surface area contributed by atoms with E-state index < -0.39 is 0 Å². The van der Waals surface area contributed by atoms with Crippen LogP contribution >= 0.6 is 0 Å². The second-order valence-corrected chi connectivity index (χ2v) is 12.6. The highest BCUT2D eigenvalue weighted by molar-refractivity contribution is 6.13. The van der Waals surface area contributed by atoms with Crippen molar-refractivity contribution < 1.29 is 4.42 Å². The Kier molecular flexibility index (Phi) is 6.46. The molecule has 234 valence electrons. The summed E-state index contributed by atoms with van der Waals surface area (Å²) in [6.45, 7) is 0. The molecule has 0 aliphatic rings. The number of para-hydroxylation sites is 3. The molecule has 50 heavy (non-hydrogen) atoms. The van der Waals surface area contributed by atoms with Gasteiger partial charge in [0, 0.05) is 49.5 Å². The van der Waals surface area contributed by atoms with Gasteiger partial charge in [0.05, 0.1) is 22.4 Å². The third-order valence-corrected chi connectivity index (χ3v) is 9.62. The van der Waals surface area contributed by atoms with Crippen LogP contribution in [0.15, 0.2) is 180 Å². The zero-order valence-electron chi connectivity index (χ0n) is 27.0. The number of furan rings is 1. The zero-order valence-corrected chi connectivity index (χ0v) is 27.0. The maximum absolute atomic E-state index is 6.74. The molecular weight excluding hydrogens is 611 g/mol. The maximum atomic E-state index is 6.74. The van der Waals surface area contributed by atoms with Crippen molar-refractivity contribution in [2.24, 2.45) is 0 Å². The third kappa shape index (κ3) is 4.61. The van der Waals surface area contributed by atoms with Crippen LogP contribution in [0.3, 0.4) is 0 Å². The number of rotatable bonds is 5. The van der Waals surface area contributed by atoms with E-state index in [2.05, 4.69) is 144 Å². The van der Waals surface area contributed by atoms with Crippen molar-refractivity contribution in [3.05, 3.63) is 176 Å². The van der Waals surface area contributed by atoms with Crippen molar-refractivity contribution in [2.45, 2.75) is 0 Å². The average Bonchev–Trinajstić information content (AvgIpc) is 3.74. The predicted molar refractivity (Wildman–Crippen MR) is 205 cm³/mol. The standard InChI is InChI=1S/C46H29N3O/c1-4-13-30(14-5-1)40-29-41(31-15-6-2-7-16-31)48-46(47-40)33-23-25-37-38-21-12-20-35(45(38)50-44(37)28-33)32-24-26-43-39(27-32)36-19-10-11-22-42(36)49(43)34-17-8-3-9-18-34/h1-29H. The minimum Gasteiger partial charge on any atom is -0.455 e. The molecule has 7 aromatic carbocycles. The Labute approximate surface area is 288 Å². The van der Waals surface area contributed by atoms with Crippen LogP contribution in [0.1, 0.15) is 0 Å². The van der Waals surface area contributed by atoms with Crippen molar-refractivity contribution in [3.8, 4) is 50.7 Å². The fraction of sp³-hybridized carbons (Fsp3) is 0. The summed E-state index contributed by atoms with van der Waals surface area (Å²) >= 11 is 0. The largest absolute Gasteiger partial charge is 0.455 e. The molecule has 0 amide bonds. The lowest BCUT2D eigenvalue weighted by molar-refractivity contribution is 0.670. The first-order valence-electron chi connectivity index (χ1n) is 16.8. The van der Waals surface area contributed by atoms with E-state index in [9.17, 15) is 0 Å². The van der Waals surface area contributed by atoms with E-state index in [1.54, 1.807) is 0 Å². The van der Waals surface area contributed by atoms with Gasteiger partial charge in [-0.15, -0.1) is 0 Å². The van der Waals surface area contributed by atoms with Gasteiger partial charge in [-0.2, -0.15) is 0 Å². The number of fused-ring (bicyclic) bond motifs is 6. The smallest absolute Gasteiger partial charge is 0.160 e. The van der Waals surface area contributed by atoms with E-state index in [4.69, 9.17) is 14.4 Å². The molecule has 0 saturated carbocycles. The molecule has 0 bridgehead atoms. The summed E-state index contributed by atoms with van der Waals surface area (Å²) in [5.74, 6) is 0.660. The van der Waals surface area contributed by atoms with Crippen molar-refractivity contribution in [1.29, 1.82) is 0 Å². The summed E-state index contributed by atoms with van der Waals surface area (Å²) in [6.07, 6.45) is 0. The first-order valence-corrected chi connectivity index (χ1v) is 16.8. The van der Waals surface area contributed by atoms with Gasteiger partial charge in [0.25, 0.3) is 0 Å². The second-order valence-electron chi connectivity index (χ2n) is 12.6. The van der Waals surface area contributed by atoms with Crippen molar-refractivity contribution in [1.82, 2.24) is 14.5 Å². The van der Waals surface area contributed by atoms with E-state index in [0.717, 1.165) is 66.8 Å². The normalized spacial score (nSPS) is 11.6. The highest BCUT2D eigenvalue weighted by Crippen LogP contribution is 2.40. The van der Waals surface area contributed by atoms with Gasteiger partial charge >= 0.3 is 0 Å². The summed E-state index contributed by atoms with van der Waals surface area (Å²) in [6, 6.07) is 61.3. The summed E-state index contributed by atoms with van der Waals surface area (Å²) in [7, 11) is 0. The fourth-order valence-electron chi connectivity index (χ4n) is 7.25. The van der Waals surface area contributed by atoms with Crippen LogP contribution in [0.2, 0.25) is 0 Å². The van der Waals surface area contributed by atoms with Crippen molar-refractivity contribution in [2.75, 3.05) is 0 Å². The lowest BCUT2D eigenvalue weighted by atomic mass is 10.00. The zero-order chi connectivity index (χ0) is 33.0. The quantitative estimate of drug-likeness (QED) is 0.188. The molecule has 0 unspecified atom stereocenters. The first kappa shape index (κ1) is 28.3. The topological polar surface area (TPSA) is 43.9 Å². The Morgan fingerprint density at radius 1 is 0.400 bits per heavy atom. The van der Waals surface area contributed by atoms with Crippen LogP contribution in [0, 0.1) is 0 Å². The van der Waals surface area contributed by atoms with Crippen LogP contribution in [0.25, 0.3) is 94.5 Å². The summed E-state index contributed by atoms with van der Waals surface area (Å²) in [5, 5.41) is 4.58. The van der Waals surface area contributed by atoms with Gasteiger partial charge < -0.3 is 8.98 Å². The van der Waals surface area contributed by atoms with Gasteiger partial charge in [-0.1, -0.05) is 127 Å². The van der Waals surface area contributed by atoms with E-state index in [1.165, 1.54) is 21.8 Å². The van der Waals surface area contributed by atoms with Gasteiger partial charge in [-0.25, -0.2) is 9.97 Å². The van der Waals surface area contributed by atoms with Crippen LogP contribution < -0.4 is 0 Å². The summed E-state index contributed by atoms with van der Waals surface area (Å²) < 4.78 is 9.09. The second kappa shape index (κ2) is 11.4. The minimum absolute atomic E-state index is 0.660. The molecule has 3 heterocycles. The van der Waals surface area contributed by atoms with Crippen LogP contribution in [-0.2, 0) is 0 Å². The van der Waals surface area contributed by atoms with E-state index in [0.29, 0.717) is 5.82 Å². The summed E-state index contributed by atoms with van der Waals surface area (Å²) in [4.78, 5) is 10.1. The van der Waals surface area contributed by atoms with Crippen LogP contribution in [-0.4, -0.2) is 14.5 Å². The number of hydrogen-bond donors (Lipinski definition) is 0. The monoisotopic (exact) mass is 639 g/mol. The SMILES string of the molecule is c1ccc(-c2cc(-c3ccccc3)nc(-c3ccc4c(c3)oc3c(-c5ccc6c(c5)c5ccccc5n6-c5ccccc5)cccc34)n2)cc1. The molecule has 0 spiro atoms. The van der Waals surface area contributed by atoms with Crippen LogP contribution in [0.4, 0.5) is 0 Å². The van der Waals surface area contributed by atoms with Crippen LogP contribution in [0.5, 0.6) is 0 Å². The number of aromatic nitrogens is 3. The Hall–Kier alpha value is -6.78. The Morgan fingerprint density at radius 2 is 1.02 bits per heavy atom. The molecular formula is C46H29N3O. The Bertz CT molecular complexity index is 2800. The van der Waals surface area contributed by atoms with Gasteiger partial charge in [-0.3, -0.25) is 0 Å². The molecule has 10 rings (SSSR count). The first-order chi connectivity index (χ1) is 24.8. The van der Waals surface area contributed by atoms with E-state index >= 15 is 0 Å². The average molecular weight is 640 g/mol.